The van der Waals surface area contributed by atoms with E-state index in [1.807, 2.05) is 0 Å². The fraction of sp³-hybridized carbons (Fsp3) is 0.364. The van der Waals surface area contributed by atoms with Gasteiger partial charge in [0, 0.05) is 11.8 Å². The number of benzene rings is 2. The van der Waals surface area contributed by atoms with Crippen LogP contribution in [0.3, 0.4) is 0 Å². The molecule has 6 nitrogen and oxygen atoms in total. The highest BCUT2D eigenvalue weighted by molar-refractivity contribution is 7.93. The first-order valence-electron chi connectivity index (χ1n) is 9.80. The summed E-state index contributed by atoms with van der Waals surface area (Å²) in [5, 5.41) is 2.22. The van der Waals surface area contributed by atoms with Crippen molar-refractivity contribution in [3.63, 3.8) is 0 Å². The highest BCUT2D eigenvalue weighted by atomic mass is 32.2. The zero-order chi connectivity index (χ0) is 22.8. The summed E-state index contributed by atoms with van der Waals surface area (Å²) in [5.74, 6) is -3.59. The lowest BCUT2D eigenvalue weighted by Gasteiger charge is -2.27. The van der Waals surface area contributed by atoms with Crippen molar-refractivity contribution in [3.05, 3.63) is 59.2 Å². The average molecular weight is 451 g/mol. The van der Waals surface area contributed by atoms with Crippen LogP contribution in [0.2, 0.25) is 0 Å². The van der Waals surface area contributed by atoms with Gasteiger partial charge in [0.25, 0.3) is 5.91 Å². The number of esters is 1. The second kappa shape index (κ2) is 8.74. The lowest BCUT2D eigenvalue weighted by molar-refractivity contribution is -0.149. The molecule has 0 aromatic heterocycles. The molecule has 0 bridgehead atoms. The summed E-state index contributed by atoms with van der Waals surface area (Å²) < 4.78 is 56.8. The molecule has 0 atom stereocenters. The number of anilines is 1. The molecule has 0 unspecified atom stereocenters. The van der Waals surface area contributed by atoms with E-state index >= 15 is 0 Å². The summed E-state index contributed by atoms with van der Waals surface area (Å²) in [6, 6.07) is 7.47. The fourth-order valence-corrected chi connectivity index (χ4v) is 6.18. The molecule has 9 heteroatoms. The Labute approximate surface area is 179 Å². The smallest absolute Gasteiger partial charge is 0.328 e. The summed E-state index contributed by atoms with van der Waals surface area (Å²) in [7, 11) is -4.08. The fourth-order valence-electron chi connectivity index (χ4n) is 3.82. The number of carbonyl (C=O) groups excluding carboxylic acids is 2. The molecule has 0 spiro atoms. The van der Waals surface area contributed by atoms with Gasteiger partial charge in [-0.15, -0.1) is 0 Å². The molecule has 1 fully saturated rings. The van der Waals surface area contributed by atoms with Gasteiger partial charge in [0.05, 0.1) is 4.90 Å². The standard InChI is InChI=1S/C22H23F2NO5S/c1-14-5-6-15(2)19(9-14)31(28,29)22(7-3-4-8-22)21(27)30-13-20(26)25-18-11-16(23)10-17(24)12-18/h5-6,9-12H,3-4,7-8,13H2,1-2H3,(H,25,26). The van der Waals surface area contributed by atoms with Crippen LogP contribution in [0.15, 0.2) is 41.3 Å². The van der Waals surface area contributed by atoms with Crippen LogP contribution >= 0.6 is 0 Å². The van der Waals surface area contributed by atoms with Gasteiger partial charge in [-0.05, 0) is 56.0 Å². The molecule has 0 saturated heterocycles. The number of sulfone groups is 1. The largest absolute Gasteiger partial charge is 0.454 e. The van der Waals surface area contributed by atoms with Crippen LogP contribution in [0.1, 0.15) is 36.8 Å². The third-order valence-electron chi connectivity index (χ3n) is 5.41. The van der Waals surface area contributed by atoms with E-state index in [0.29, 0.717) is 24.5 Å². The van der Waals surface area contributed by atoms with E-state index < -0.39 is 44.7 Å². The molecule has 3 rings (SSSR count). The maximum atomic E-state index is 13.5. The molecule has 0 aliphatic heterocycles. The van der Waals surface area contributed by atoms with Crippen molar-refractivity contribution in [2.45, 2.75) is 49.2 Å². The van der Waals surface area contributed by atoms with Gasteiger partial charge in [0.15, 0.2) is 21.2 Å². The average Bonchev–Trinajstić information content (AvgIpc) is 3.19. The first-order chi connectivity index (χ1) is 14.5. The van der Waals surface area contributed by atoms with Gasteiger partial charge in [0.1, 0.15) is 11.6 Å². The topological polar surface area (TPSA) is 89.5 Å². The van der Waals surface area contributed by atoms with E-state index in [1.54, 1.807) is 26.0 Å². The van der Waals surface area contributed by atoms with Crippen molar-refractivity contribution in [3.8, 4) is 0 Å². The minimum atomic E-state index is -4.08. The molecule has 1 aliphatic rings. The third kappa shape index (κ3) is 4.61. The Morgan fingerprint density at radius 2 is 1.65 bits per heavy atom. The molecule has 2 aromatic rings. The lowest BCUT2D eigenvalue weighted by atomic mass is 10.1. The van der Waals surface area contributed by atoms with Gasteiger partial charge >= 0.3 is 5.97 Å². The Bertz CT molecular complexity index is 1100. The van der Waals surface area contributed by atoms with Crippen molar-refractivity contribution in [1.82, 2.24) is 0 Å². The van der Waals surface area contributed by atoms with Gasteiger partial charge in [-0.3, -0.25) is 9.59 Å². The van der Waals surface area contributed by atoms with Crippen molar-refractivity contribution >= 4 is 27.4 Å². The Hall–Kier alpha value is -2.81. The monoisotopic (exact) mass is 451 g/mol. The Morgan fingerprint density at radius 3 is 2.26 bits per heavy atom. The van der Waals surface area contributed by atoms with E-state index in [9.17, 15) is 26.8 Å². The lowest BCUT2D eigenvalue weighted by Crippen LogP contribution is -2.46. The normalized spacial score (nSPS) is 15.5. The molecule has 31 heavy (non-hydrogen) atoms. The second-order valence-corrected chi connectivity index (χ2v) is 9.98. The van der Waals surface area contributed by atoms with Crippen LogP contribution in [0.5, 0.6) is 0 Å². The van der Waals surface area contributed by atoms with Crippen LogP contribution in [-0.4, -0.2) is 31.6 Å². The minimum absolute atomic E-state index is 0.0750. The number of halogens is 2. The number of aryl methyl sites for hydroxylation is 2. The van der Waals surface area contributed by atoms with Crippen molar-refractivity contribution in [2.24, 2.45) is 0 Å². The number of ether oxygens (including phenoxy) is 1. The molecule has 1 N–H and O–H groups in total. The summed E-state index contributed by atoms with van der Waals surface area (Å²) in [6.45, 7) is 2.64. The number of hydrogen-bond acceptors (Lipinski definition) is 5. The molecule has 1 aliphatic carbocycles. The van der Waals surface area contributed by atoms with Gasteiger partial charge < -0.3 is 10.1 Å². The van der Waals surface area contributed by atoms with Crippen LogP contribution in [-0.2, 0) is 24.2 Å². The molecule has 1 amide bonds. The van der Waals surface area contributed by atoms with E-state index in [2.05, 4.69) is 5.32 Å². The van der Waals surface area contributed by atoms with Gasteiger partial charge in [-0.2, -0.15) is 0 Å². The van der Waals surface area contributed by atoms with Crippen molar-refractivity contribution in [1.29, 1.82) is 0 Å². The first kappa shape index (κ1) is 22.9. The summed E-state index contributed by atoms with van der Waals surface area (Å²) in [5.41, 5.74) is 1.13. The van der Waals surface area contributed by atoms with Crippen LogP contribution in [0, 0.1) is 25.5 Å². The zero-order valence-electron chi connectivity index (χ0n) is 17.2. The highest BCUT2D eigenvalue weighted by Crippen LogP contribution is 2.42. The Balaban J connectivity index is 1.79. The SMILES string of the molecule is Cc1ccc(C)c(S(=O)(=O)C2(C(=O)OCC(=O)Nc3cc(F)cc(F)c3)CCCC2)c1. The van der Waals surface area contributed by atoms with E-state index in [1.165, 1.54) is 6.07 Å². The molecular weight excluding hydrogens is 428 g/mol. The summed E-state index contributed by atoms with van der Waals surface area (Å²) in [4.78, 5) is 25.1. The number of rotatable bonds is 6. The molecule has 2 aromatic carbocycles. The quantitative estimate of drug-likeness (QED) is 0.674. The second-order valence-electron chi connectivity index (χ2n) is 7.76. The van der Waals surface area contributed by atoms with E-state index in [4.69, 9.17) is 4.74 Å². The van der Waals surface area contributed by atoms with Crippen LogP contribution in [0.25, 0.3) is 0 Å². The van der Waals surface area contributed by atoms with E-state index in [-0.39, 0.29) is 23.4 Å². The number of nitrogens with one attached hydrogen (secondary N) is 1. The molecular formula is C22H23F2NO5S. The number of carbonyl (C=O) groups is 2. The van der Waals surface area contributed by atoms with Crippen LogP contribution in [0.4, 0.5) is 14.5 Å². The predicted molar refractivity (Wildman–Crippen MR) is 110 cm³/mol. The maximum absolute atomic E-state index is 13.5. The maximum Gasteiger partial charge on any atom is 0.328 e. The molecule has 166 valence electrons. The third-order valence-corrected chi connectivity index (χ3v) is 8.03. The molecule has 0 radical (unpaired) electrons. The highest BCUT2D eigenvalue weighted by Gasteiger charge is 2.54. The summed E-state index contributed by atoms with van der Waals surface area (Å²) >= 11 is 0. The van der Waals surface area contributed by atoms with Gasteiger partial charge in [-0.25, -0.2) is 17.2 Å². The van der Waals surface area contributed by atoms with E-state index in [0.717, 1.165) is 17.7 Å². The molecule has 0 heterocycles. The van der Waals surface area contributed by atoms with Crippen molar-refractivity contribution < 1.29 is 31.5 Å². The first-order valence-corrected chi connectivity index (χ1v) is 11.3. The van der Waals surface area contributed by atoms with Gasteiger partial charge in [-0.1, -0.05) is 25.0 Å². The van der Waals surface area contributed by atoms with Gasteiger partial charge in [0.2, 0.25) is 0 Å². The van der Waals surface area contributed by atoms with Crippen molar-refractivity contribution in [2.75, 3.05) is 11.9 Å². The Morgan fingerprint density at radius 1 is 1.03 bits per heavy atom. The number of hydrogen-bond donors (Lipinski definition) is 1. The molecule has 1 saturated carbocycles. The minimum Gasteiger partial charge on any atom is -0.454 e. The van der Waals surface area contributed by atoms with Crippen LogP contribution < -0.4 is 5.32 Å². The predicted octanol–water partition coefficient (Wildman–Crippen LogP) is 3.85. The number of amides is 1. The summed E-state index contributed by atoms with van der Waals surface area (Å²) in [6.07, 6.45) is 1.26. The Kier molecular flexibility index (Phi) is 6.45. The zero-order valence-corrected chi connectivity index (χ0v) is 18.0.